The lowest BCUT2D eigenvalue weighted by Gasteiger charge is -2.09. The summed E-state index contributed by atoms with van der Waals surface area (Å²) in [6.07, 6.45) is 4.72. The molecule has 108 valence electrons. The molecule has 0 radical (unpaired) electrons. The summed E-state index contributed by atoms with van der Waals surface area (Å²) in [5.41, 5.74) is 0.853. The fraction of sp³-hybridized carbons (Fsp3) is 0.538. The van der Waals surface area contributed by atoms with Crippen molar-refractivity contribution in [1.29, 1.82) is 0 Å². The van der Waals surface area contributed by atoms with Gasteiger partial charge in [-0.3, -0.25) is 4.68 Å². The van der Waals surface area contributed by atoms with E-state index in [1.165, 1.54) is 0 Å². The molecule has 0 atom stereocenters. The number of rotatable bonds is 6. The molecule has 1 N–H and O–H groups in total. The van der Waals surface area contributed by atoms with Crippen molar-refractivity contribution in [2.75, 3.05) is 12.4 Å². The number of hydrogen-bond acceptors (Lipinski definition) is 6. The zero-order chi connectivity index (χ0) is 14.5. The Morgan fingerprint density at radius 3 is 2.75 bits per heavy atom. The van der Waals surface area contributed by atoms with E-state index in [1.54, 1.807) is 13.2 Å². The van der Waals surface area contributed by atoms with Crippen LogP contribution in [0.4, 0.5) is 5.95 Å². The zero-order valence-electron chi connectivity index (χ0n) is 12.3. The topological polar surface area (TPSA) is 77.8 Å². The Kier molecular flexibility index (Phi) is 4.49. The maximum Gasteiger partial charge on any atom is 0.322 e. The molecule has 0 saturated carbocycles. The van der Waals surface area contributed by atoms with Crippen molar-refractivity contribution in [2.24, 2.45) is 0 Å². The van der Waals surface area contributed by atoms with Gasteiger partial charge in [0.25, 0.3) is 0 Å². The van der Waals surface area contributed by atoms with Crippen LogP contribution in [0.3, 0.4) is 0 Å². The van der Waals surface area contributed by atoms with Crippen molar-refractivity contribution in [3.8, 4) is 17.4 Å². The first-order valence-electron chi connectivity index (χ1n) is 6.75. The monoisotopic (exact) mass is 276 g/mol. The van der Waals surface area contributed by atoms with Crippen molar-refractivity contribution < 1.29 is 4.74 Å². The summed E-state index contributed by atoms with van der Waals surface area (Å²) >= 11 is 0. The van der Waals surface area contributed by atoms with Crippen LogP contribution in [-0.2, 0) is 6.54 Å². The van der Waals surface area contributed by atoms with Gasteiger partial charge in [-0.1, -0.05) is 6.92 Å². The van der Waals surface area contributed by atoms with Crippen LogP contribution in [0.15, 0.2) is 12.4 Å². The summed E-state index contributed by atoms with van der Waals surface area (Å²) in [5, 5.41) is 7.20. The molecule has 2 aromatic rings. The predicted octanol–water partition coefficient (Wildman–Crippen LogP) is 1.97. The van der Waals surface area contributed by atoms with E-state index in [-0.39, 0.29) is 6.10 Å². The molecule has 0 aliphatic carbocycles. The van der Waals surface area contributed by atoms with Crippen LogP contribution in [0.1, 0.15) is 27.2 Å². The number of hydrogen-bond donors (Lipinski definition) is 1. The first-order valence-corrected chi connectivity index (χ1v) is 6.75. The van der Waals surface area contributed by atoms with Gasteiger partial charge in [-0.2, -0.15) is 20.1 Å². The van der Waals surface area contributed by atoms with Gasteiger partial charge in [0.05, 0.1) is 17.9 Å². The summed E-state index contributed by atoms with van der Waals surface area (Å²) in [6.45, 7) is 6.85. The van der Waals surface area contributed by atoms with Gasteiger partial charge in [0, 0.05) is 19.8 Å². The van der Waals surface area contributed by atoms with E-state index in [9.17, 15) is 0 Å². The minimum Gasteiger partial charge on any atom is -0.461 e. The normalized spacial score (nSPS) is 10.8. The van der Waals surface area contributed by atoms with Gasteiger partial charge in [-0.25, -0.2) is 0 Å². The van der Waals surface area contributed by atoms with Crippen LogP contribution in [-0.4, -0.2) is 37.9 Å². The van der Waals surface area contributed by atoms with Crippen LogP contribution in [0.25, 0.3) is 11.4 Å². The third-order valence-corrected chi connectivity index (χ3v) is 2.52. The minimum absolute atomic E-state index is 0.0118. The van der Waals surface area contributed by atoms with Crippen molar-refractivity contribution in [3.63, 3.8) is 0 Å². The van der Waals surface area contributed by atoms with Gasteiger partial charge in [0.2, 0.25) is 5.95 Å². The molecule has 2 heterocycles. The first-order chi connectivity index (χ1) is 9.62. The highest BCUT2D eigenvalue weighted by Gasteiger charge is 2.11. The quantitative estimate of drug-likeness (QED) is 0.869. The smallest absolute Gasteiger partial charge is 0.322 e. The molecular weight excluding hydrogens is 256 g/mol. The standard InChI is InChI=1S/C13H20N6O/c1-5-6-19-8-10(7-15-19)11-16-12(14-4)18-13(17-11)20-9(2)3/h7-9H,5-6H2,1-4H3,(H,14,16,17,18). The van der Waals surface area contributed by atoms with E-state index in [0.29, 0.717) is 17.8 Å². The van der Waals surface area contributed by atoms with Gasteiger partial charge in [0.1, 0.15) is 0 Å². The number of aryl methyl sites for hydroxylation is 1. The van der Waals surface area contributed by atoms with E-state index in [4.69, 9.17) is 4.74 Å². The third kappa shape index (κ3) is 3.43. The first kappa shape index (κ1) is 14.2. The molecule has 0 unspecified atom stereocenters. The second kappa shape index (κ2) is 6.31. The second-order valence-electron chi connectivity index (χ2n) is 4.67. The summed E-state index contributed by atoms with van der Waals surface area (Å²) in [7, 11) is 1.76. The van der Waals surface area contributed by atoms with E-state index in [2.05, 4.69) is 32.3 Å². The predicted molar refractivity (Wildman–Crippen MR) is 76.6 cm³/mol. The van der Waals surface area contributed by atoms with Gasteiger partial charge < -0.3 is 10.1 Å². The van der Waals surface area contributed by atoms with Gasteiger partial charge >= 0.3 is 6.01 Å². The highest BCUT2D eigenvalue weighted by atomic mass is 16.5. The molecule has 0 aromatic carbocycles. The van der Waals surface area contributed by atoms with E-state index in [1.807, 2.05) is 24.7 Å². The summed E-state index contributed by atoms with van der Waals surface area (Å²) in [6, 6.07) is 0.317. The van der Waals surface area contributed by atoms with Crippen LogP contribution in [0.2, 0.25) is 0 Å². The SMILES string of the molecule is CCCn1cc(-c2nc(NC)nc(OC(C)C)n2)cn1. The van der Waals surface area contributed by atoms with Gasteiger partial charge in [0.15, 0.2) is 5.82 Å². The number of ether oxygens (including phenoxy) is 1. The van der Waals surface area contributed by atoms with Crippen LogP contribution in [0, 0.1) is 0 Å². The lowest BCUT2D eigenvalue weighted by Crippen LogP contribution is -2.11. The Morgan fingerprint density at radius 1 is 1.30 bits per heavy atom. The van der Waals surface area contributed by atoms with Crippen molar-refractivity contribution in [2.45, 2.75) is 39.8 Å². The zero-order valence-corrected chi connectivity index (χ0v) is 12.3. The van der Waals surface area contributed by atoms with Crippen molar-refractivity contribution >= 4 is 5.95 Å². The second-order valence-corrected chi connectivity index (χ2v) is 4.67. The molecule has 7 heteroatoms. The average molecular weight is 276 g/mol. The molecule has 0 saturated heterocycles. The van der Waals surface area contributed by atoms with E-state index < -0.39 is 0 Å². The summed E-state index contributed by atoms with van der Waals surface area (Å²) in [4.78, 5) is 12.8. The Hall–Kier alpha value is -2.18. The molecule has 0 fully saturated rings. The number of nitrogens with one attached hydrogen (secondary N) is 1. The molecule has 0 bridgehead atoms. The Bertz CT molecular complexity index is 566. The Balaban J connectivity index is 2.33. The lowest BCUT2D eigenvalue weighted by atomic mass is 10.3. The van der Waals surface area contributed by atoms with Crippen molar-refractivity contribution in [1.82, 2.24) is 24.7 Å². The molecule has 0 spiro atoms. The summed E-state index contributed by atoms with van der Waals surface area (Å²) in [5.74, 6) is 1.04. The average Bonchev–Trinajstić information content (AvgIpc) is 2.86. The number of nitrogens with zero attached hydrogens (tertiary/aromatic N) is 5. The van der Waals surface area contributed by atoms with E-state index in [0.717, 1.165) is 18.5 Å². The Labute approximate surface area is 118 Å². The van der Waals surface area contributed by atoms with Crippen LogP contribution in [0.5, 0.6) is 6.01 Å². The fourth-order valence-corrected chi connectivity index (χ4v) is 1.69. The maximum atomic E-state index is 5.54. The largest absolute Gasteiger partial charge is 0.461 e. The number of anilines is 1. The molecule has 0 aliphatic rings. The highest BCUT2D eigenvalue weighted by Crippen LogP contribution is 2.18. The molecule has 0 aliphatic heterocycles. The highest BCUT2D eigenvalue weighted by molar-refractivity contribution is 5.54. The van der Waals surface area contributed by atoms with Crippen molar-refractivity contribution in [3.05, 3.63) is 12.4 Å². The third-order valence-electron chi connectivity index (χ3n) is 2.52. The minimum atomic E-state index is 0.0118. The molecule has 2 rings (SSSR count). The van der Waals surface area contributed by atoms with E-state index >= 15 is 0 Å². The maximum absolute atomic E-state index is 5.54. The molecular formula is C13H20N6O. The Morgan fingerprint density at radius 2 is 2.10 bits per heavy atom. The van der Waals surface area contributed by atoms with Crippen LogP contribution >= 0.6 is 0 Å². The van der Waals surface area contributed by atoms with Gasteiger partial charge in [-0.15, -0.1) is 0 Å². The number of aromatic nitrogens is 5. The van der Waals surface area contributed by atoms with Gasteiger partial charge in [-0.05, 0) is 20.3 Å². The lowest BCUT2D eigenvalue weighted by molar-refractivity contribution is 0.222. The van der Waals surface area contributed by atoms with Crippen LogP contribution < -0.4 is 10.1 Å². The molecule has 20 heavy (non-hydrogen) atoms. The molecule has 2 aromatic heterocycles. The molecule has 7 nitrogen and oxygen atoms in total. The fourth-order valence-electron chi connectivity index (χ4n) is 1.69. The molecule has 0 amide bonds. The summed E-state index contributed by atoms with van der Waals surface area (Å²) < 4.78 is 7.42.